The number of hydrogen-bond acceptors (Lipinski definition) is 2. The summed E-state index contributed by atoms with van der Waals surface area (Å²) in [5.74, 6) is -0.918. The van der Waals surface area contributed by atoms with Gasteiger partial charge < -0.3 is 10.4 Å². The summed E-state index contributed by atoms with van der Waals surface area (Å²) in [7, 11) is 0. The van der Waals surface area contributed by atoms with Crippen molar-refractivity contribution < 1.29 is 14.7 Å². The van der Waals surface area contributed by atoms with E-state index >= 15 is 0 Å². The zero-order valence-corrected chi connectivity index (χ0v) is 12.6. The maximum absolute atomic E-state index is 12.4. The van der Waals surface area contributed by atoms with Gasteiger partial charge >= 0.3 is 12.0 Å². The zero-order valence-electron chi connectivity index (χ0n) is 12.6. The lowest BCUT2D eigenvalue weighted by atomic mass is 9.94. The van der Waals surface area contributed by atoms with Gasteiger partial charge in [-0.3, -0.25) is 9.69 Å². The van der Waals surface area contributed by atoms with Gasteiger partial charge in [0.1, 0.15) is 0 Å². The normalized spacial score (nSPS) is 15.0. The maximum atomic E-state index is 12.4. The van der Waals surface area contributed by atoms with Gasteiger partial charge in [-0.1, -0.05) is 18.2 Å². The summed E-state index contributed by atoms with van der Waals surface area (Å²) in [5, 5.41) is 11.9. The van der Waals surface area contributed by atoms with E-state index < -0.39 is 11.4 Å². The molecular weight excluding hydrogens is 268 g/mol. The molecule has 5 heteroatoms. The Kier molecular flexibility index (Phi) is 4.50. The van der Waals surface area contributed by atoms with E-state index in [-0.39, 0.29) is 12.6 Å². The Hall–Kier alpha value is -2.04. The van der Waals surface area contributed by atoms with Crippen molar-refractivity contribution in [1.82, 2.24) is 5.32 Å². The SMILES string of the molecule is CC(C)(CNC(=O)N1CCCCc2ccccc21)C(=O)O. The van der Waals surface area contributed by atoms with Gasteiger partial charge in [-0.05, 0) is 44.7 Å². The first-order valence-corrected chi connectivity index (χ1v) is 7.28. The molecule has 1 aromatic rings. The van der Waals surface area contributed by atoms with Crippen molar-refractivity contribution in [3.05, 3.63) is 29.8 Å². The lowest BCUT2D eigenvalue weighted by molar-refractivity contribution is -0.146. The fourth-order valence-corrected chi connectivity index (χ4v) is 2.37. The van der Waals surface area contributed by atoms with Crippen molar-refractivity contribution in [1.29, 1.82) is 0 Å². The van der Waals surface area contributed by atoms with Gasteiger partial charge in [0.2, 0.25) is 0 Å². The Morgan fingerprint density at radius 3 is 2.71 bits per heavy atom. The highest BCUT2D eigenvalue weighted by Crippen LogP contribution is 2.26. The first-order valence-electron chi connectivity index (χ1n) is 7.28. The molecule has 0 aromatic heterocycles. The lowest BCUT2D eigenvalue weighted by Crippen LogP contribution is -2.46. The van der Waals surface area contributed by atoms with Crippen LogP contribution in [0.2, 0.25) is 0 Å². The number of para-hydroxylation sites is 1. The predicted molar refractivity (Wildman–Crippen MR) is 81.5 cm³/mol. The van der Waals surface area contributed by atoms with Crippen LogP contribution in [0.25, 0.3) is 0 Å². The number of benzene rings is 1. The van der Waals surface area contributed by atoms with Gasteiger partial charge in [0, 0.05) is 18.8 Å². The molecule has 1 aromatic carbocycles. The number of carboxylic acids is 1. The Bertz CT molecular complexity index is 540. The molecule has 0 saturated heterocycles. The van der Waals surface area contributed by atoms with Crippen molar-refractivity contribution in [2.45, 2.75) is 33.1 Å². The predicted octanol–water partition coefficient (Wildman–Crippen LogP) is 2.65. The summed E-state index contributed by atoms with van der Waals surface area (Å²) < 4.78 is 0. The summed E-state index contributed by atoms with van der Waals surface area (Å²) in [6.45, 7) is 3.98. The van der Waals surface area contributed by atoms with Gasteiger partial charge in [0.15, 0.2) is 0 Å². The zero-order chi connectivity index (χ0) is 15.5. The highest BCUT2D eigenvalue weighted by molar-refractivity contribution is 5.93. The van der Waals surface area contributed by atoms with Gasteiger partial charge in [-0.15, -0.1) is 0 Å². The number of nitrogens with zero attached hydrogens (tertiary/aromatic N) is 1. The number of amides is 2. The van der Waals surface area contributed by atoms with E-state index in [2.05, 4.69) is 5.32 Å². The third-order valence-electron chi connectivity index (χ3n) is 3.87. The van der Waals surface area contributed by atoms with Gasteiger partial charge in [-0.25, -0.2) is 4.79 Å². The molecular formula is C16H22N2O3. The van der Waals surface area contributed by atoms with E-state index in [4.69, 9.17) is 5.11 Å². The Labute approximate surface area is 125 Å². The van der Waals surface area contributed by atoms with Crippen LogP contribution in [-0.2, 0) is 11.2 Å². The van der Waals surface area contributed by atoms with Gasteiger partial charge in [0.25, 0.3) is 0 Å². The lowest BCUT2D eigenvalue weighted by Gasteiger charge is -2.26. The van der Waals surface area contributed by atoms with E-state index in [9.17, 15) is 9.59 Å². The second-order valence-corrected chi connectivity index (χ2v) is 6.09. The van der Waals surface area contributed by atoms with Crippen molar-refractivity contribution in [2.24, 2.45) is 5.41 Å². The van der Waals surface area contributed by atoms with Crippen LogP contribution < -0.4 is 10.2 Å². The second kappa shape index (κ2) is 6.16. The van der Waals surface area contributed by atoms with Crippen LogP contribution in [0.4, 0.5) is 10.5 Å². The average Bonchev–Trinajstić information content (AvgIpc) is 2.67. The number of aliphatic carboxylic acids is 1. The van der Waals surface area contributed by atoms with Gasteiger partial charge in [0.05, 0.1) is 5.41 Å². The number of rotatable bonds is 3. The molecule has 0 spiro atoms. The number of hydrogen-bond donors (Lipinski definition) is 2. The van der Waals surface area contributed by atoms with E-state index in [1.807, 2.05) is 24.3 Å². The molecule has 0 radical (unpaired) electrons. The Balaban J connectivity index is 2.11. The average molecular weight is 290 g/mol. The molecule has 5 nitrogen and oxygen atoms in total. The number of anilines is 1. The van der Waals surface area contributed by atoms with Crippen LogP contribution in [0.5, 0.6) is 0 Å². The summed E-state index contributed by atoms with van der Waals surface area (Å²) in [6.07, 6.45) is 2.98. The van der Waals surface area contributed by atoms with Crippen molar-refractivity contribution in [3.8, 4) is 0 Å². The third kappa shape index (κ3) is 3.54. The minimum Gasteiger partial charge on any atom is -0.481 e. The molecule has 1 aliphatic rings. The quantitative estimate of drug-likeness (QED) is 0.899. The van der Waals surface area contributed by atoms with Crippen LogP contribution >= 0.6 is 0 Å². The summed E-state index contributed by atoms with van der Waals surface area (Å²) >= 11 is 0. The molecule has 0 unspecified atom stereocenters. The molecule has 2 rings (SSSR count). The Morgan fingerprint density at radius 1 is 1.29 bits per heavy atom. The van der Waals surface area contributed by atoms with Crippen molar-refractivity contribution in [3.63, 3.8) is 0 Å². The molecule has 0 saturated carbocycles. The molecule has 2 N–H and O–H groups in total. The molecule has 0 aliphatic carbocycles. The largest absolute Gasteiger partial charge is 0.481 e. The number of carboxylic acid groups (broad SMARTS) is 1. The monoisotopic (exact) mass is 290 g/mol. The number of fused-ring (bicyclic) bond motifs is 1. The molecule has 21 heavy (non-hydrogen) atoms. The minimum atomic E-state index is -0.971. The standard InChI is InChI=1S/C16H22N2O3/c1-16(2,14(19)20)11-17-15(21)18-10-6-5-8-12-7-3-4-9-13(12)18/h3-4,7,9H,5-6,8,10-11H2,1-2H3,(H,17,21)(H,19,20). The first-order chi connectivity index (χ1) is 9.92. The molecule has 1 heterocycles. The van der Waals surface area contributed by atoms with Crippen molar-refractivity contribution >= 4 is 17.7 Å². The van der Waals surface area contributed by atoms with Crippen LogP contribution in [0.1, 0.15) is 32.3 Å². The number of nitrogens with one attached hydrogen (secondary N) is 1. The maximum Gasteiger partial charge on any atom is 0.321 e. The summed E-state index contributed by atoms with van der Waals surface area (Å²) in [6, 6.07) is 7.67. The minimum absolute atomic E-state index is 0.111. The highest BCUT2D eigenvalue weighted by Gasteiger charge is 2.29. The Morgan fingerprint density at radius 2 is 2.00 bits per heavy atom. The fraction of sp³-hybridized carbons (Fsp3) is 0.500. The van der Waals surface area contributed by atoms with Crippen LogP contribution in [0.15, 0.2) is 24.3 Å². The van der Waals surface area contributed by atoms with Gasteiger partial charge in [-0.2, -0.15) is 0 Å². The topological polar surface area (TPSA) is 69.6 Å². The highest BCUT2D eigenvalue weighted by atomic mass is 16.4. The second-order valence-electron chi connectivity index (χ2n) is 6.09. The van der Waals surface area contributed by atoms with E-state index in [1.54, 1.807) is 18.7 Å². The smallest absolute Gasteiger partial charge is 0.321 e. The van der Waals surface area contributed by atoms with Crippen LogP contribution in [0.3, 0.4) is 0 Å². The molecule has 0 bridgehead atoms. The summed E-state index contributed by atoms with van der Waals surface area (Å²) in [4.78, 5) is 25.2. The first kappa shape index (κ1) is 15.4. The number of aryl methyl sites for hydroxylation is 1. The number of carbonyl (C=O) groups excluding carboxylic acids is 1. The van der Waals surface area contributed by atoms with E-state index in [0.29, 0.717) is 6.54 Å². The van der Waals surface area contributed by atoms with Crippen molar-refractivity contribution in [2.75, 3.05) is 18.0 Å². The third-order valence-corrected chi connectivity index (χ3v) is 3.87. The van der Waals surface area contributed by atoms with Crippen LogP contribution in [0, 0.1) is 5.41 Å². The molecule has 2 amide bonds. The van der Waals surface area contributed by atoms with Crippen LogP contribution in [-0.4, -0.2) is 30.2 Å². The molecule has 0 fully saturated rings. The summed E-state index contributed by atoms with van der Waals surface area (Å²) in [5.41, 5.74) is 1.13. The van der Waals surface area contributed by atoms with E-state index in [1.165, 1.54) is 5.56 Å². The molecule has 0 atom stereocenters. The number of carbonyl (C=O) groups is 2. The fourth-order valence-electron chi connectivity index (χ4n) is 2.37. The van der Waals surface area contributed by atoms with E-state index in [0.717, 1.165) is 24.9 Å². The number of urea groups is 1. The molecule has 114 valence electrons. The molecule has 1 aliphatic heterocycles.